The Hall–Kier alpha value is -1.16. The number of rotatable bonds is 4. The number of Topliss-reactive ketones (excluding diaryl/α,β-unsaturated/α-hetero) is 1. The molecule has 1 rings (SSSR count). The number of hydrogen-bond acceptors (Lipinski definition) is 3. The molecule has 1 aromatic heterocycles. The van der Waals surface area contributed by atoms with Gasteiger partial charge in [-0.05, 0) is 17.9 Å². The normalized spacial score (nSPS) is 12.4. The van der Waals surface area contributed by atoms with Crippen LogP contribution in [0.15, 0.2) is 17.5 Å². The van der Waals surface area contributed by atoms with Crippen molar-refractivity contribution in [3.63, 3.8) is 0 Å². The van der Waals surface area contributed by atoms with E-state index in [4.69, 9.17) is 5.11 Å². The van der Waals surface area contributed by atoms with E-state index in [-0.39, 0.29) is 5.78 Å². The monoisotopic (exact) mass is 198 g/mol. The maximum absolute atomic E-state index is 11.5. The van der Waals surface area contributed by atoms with Crippen LogP contribution in [0.25, 0.3) is 0 Å². The largest absolute Gasteiger partial charge is 0.481 e. The minimum Gasteiger partial charge on any atom is -0.481 e. The second-order valence-corrected chi connectivity index (χ2v) is 3.59. The van der Waals surface area contributed by atoms with E-state index in [1.54, 1.807) is 24.4 Å². The van der Waals surface area contributed by atoms with Crippen LogP contribution in [0, 0.1) is 5.92 Å². The molecule has 0 saturated heterocycles. The number of carboxylic acid groups (broad SMARTS) is 1. The van der Waals surface area contributed by atoms with Crippen LogP contribution < -0.4 is 0 Å². The maximum atomic E-state index is 11.5. The molecular weight excluding hydrogens is 188 g/mol. The Balaban J connectivity index is 2.83. The van der Waals surface area contributed by atoms with Gasteiger partial charge in [0, 0.05) is 0 Å². The number of thiophene rings is 1. The standard InChI is InChI=1S/C9H10O3S/c1-2-6(9(11)12)8(10)7-4-3-5-13-7/h3-6H,2H2,1H3,(H,11,12). The van der Waals surface area contributed by atoms with E-state index < -0.39 is 11.9 Å². The van der Waals surface area contributed by atoms with Gasteiger partial charge in [0.05, 0.1) is 4.88 Å². The van der Waals surface area contributed by atoms with Gasteiger partial charge in [-0.25, -0.2) is 0 Å². The van der Waals surface area contributed by atoms with Crippen molar-refractivity contribution in [2.24, 2.45) is 5.92 Å². The quantitative estimate of drug-likeness (QED) is 0.595. The number of carboxylic acids is 1. The fourth-order valence-corrected chi connectivity index (χ4v) is 1.78. The highest BCUT2D eigenvalue weighted by atomic mass is 32.1. The summed E-state index contributed by atoms with van der Waals surface area (Å²) in [5, 5.41) is 10.5. The van der Waals surface area contributed by atoms with Crippen LogP contribution >= 0.6 is 11.3 Å². The summed E-state index contributed by atoms with van der Waals surface area (Å²) in [5.74, 6) is -2.22. The van der Waals surface area contributed by atoms with Crippen molar-refractivity contribution >= 4 is 23.1 Å². The van der Waals surface area contributed by atoms with E-state index in [0.29, 0.717) is 11.3 Å². The smallest absolute Gasteiger partial charge is 0.314 e. The summed E-state index contributed by atoms with van der Waals surface area (Å²) in [6.07, 6.45) is 0.339. The Bertz CT molecular complexity index is 303. The van der Waals surface area contributed by atoms with Crippen LogP contribution in [-0.4, -0.2) is 16.9 Å². The van der Waals surface area contributed by atoms with E-state index in [0.717, 1.165) is 0 Å². The molecule has 1 atom stereocenters. The molecule has 0 aliphatic rings. The lowest BCUT2D eigenvalue weighted by Crippen LogP contribution is -2.22. The average Bonchev–Trinajstić information content (AvgIpc) is 2.56. The first-order valence-electron chi connectivity index (χ1n) is 3.97. The molecule has 0 saturated carbocycles. The minimum atomic E-state index is -1.04. The van der Waals surface area contributed by atoms with Gasteiger partial charge in [-0.3, -0.25) is 9.59 Å². The third-order valence-corrected chi connectivity index (χ3v) is 2.67. The summed E-state index contributed by atoms with van der Waals surface area (Å²) in [6.45, 7) is 1.70. The molecule has 0 fully saturated rings. The van der Waals surface area contributed by atoms with Gasteiger partial charge in [0.15, 0.2) is 5.78 Å². The van der Waals surface area contributed by atoms with Gasteiger partial charge >= 0.3 is 5.97 Å². The molecule has 1 aromatic rings. The Morgan fingerprint density at radius 3 is 2.69 bits per heavy atom. The highest BCUT2D eigenvalue weighted by molar-refractivity contribution is 7.12. The summed E-state index contributed by atoms with van der Waals surface area (Å²) in [4.78, 5) is 22.7. The summed E-state index contributed by atoms with van der Waals surface area (Å²) >= 11 is 1.28. The second-order valence-electron chi connectivity index (χ2n) is 2.64. The lowest BCUT2D eigenvalue weighted by Gasteiger charge is -2.05. The minimum absolute atomic E-state index is 0.287. The number of ketones is 1. The zero-order valence-corrected chi connectivity index (χ0v) is 8.00. The van der Waals surface area contributed by atoms with Gasteiger partial charge < -0.3 is 5.11 Å². The highest BCUT2D eigenvalue weighted by Crippen LogP contribution is 2.17. The Kier molecular flexibility index (Phi) is 3.19. The molecule has 1 heterocycles. The van der Waals surface area contributed by atoms with Crippen molar-refractivity contribution in [3.05, 3.63) is 22.4 Å². The third kappa shape index (κ3) is 2.15. The molecule has 0 aliphatic heterocycles. The molecule has 1 unspecified atom stereocenters. The van der Waals surface area contributed by atoms with Crippen molar-refractivity contribution in [3.8, 4) is 0 Å². The molecule has 0 spiro atoms. The highest BCUT2D eigenvalue weighted by Gasteiger charge is 2.25. The molecular formula is C9H10O3S. The SMILES string of the molecule is CCC(C(=O)O)C(=O)c1cccs1. The van der Waals surface area contributed by atoms with Crippen LogP contribution in [0.3, 0.4) is 0 Å². The third-order valence-electron chi connectivity index (χ3n) is 1.79. The second kappa shape index (κ2) is 4.18. The summed E-state index contributed by atoms with van der Waals surface area (Å²) in [6, 6.07) is 3.39. The van der Waals surface area contributed by atoms with Crippen LogP contribution in [-0.2, 0) is 4.79 Å². The first-order valence-corrected chi connectivity index (χ1v) is 4.85. The first-order chi connectivity index (χ1) is 6.16. The molecule has 0 amide bonds. The fourth-order valence-electron chi connectivity index (χ4n) is 1.06. The Morgan fingerprint density at radius 1 is 1.62 bits per heavy atom. The van der Waals surface area contributed by atoms with E-state index >= 15 is 0 Å². The number of hydrogen-bond donors (Lipinski definition) is 1. The maximum Gasteiger partial charge on any atom is 0.314 e. The van der Waals surface area contributed by atoms with Gasteiger partial charge in [0.1, 0.15) is 5.92 Å². The van der Waals surface area contributed by atoms with Crippen molar-refractivity contribution in [1.82, 2.24) is 0 Å². The zero-order valence-electron chi connectivity index (χ0n) is 7.19. The molecule has 1 N–H and O–H groups in total. The van der Waals surface area contributed by atoms with E-state index in [1.165, 1.54) is 11.3 Å². The topological polar surface area (TPSA) is 54.4 Å². The van der Waals surface area contributed by atoms with Gasteiger partial charge in [-0.2, -0.15) is 0 Å². The molecule has 13 heavy (non-hydrogen) atoms. The van der Waals surface area contributed by atoms with Crippen molar-refractivity contribution in [1.29, 1.82) is 0 Å². The van der Waals surface area contributed by atoms with Crippen LogP contribution in [0.2, 0.25) is 0 Å². The van der Waals surface area contributed by atoms with Gasteiger partial charge in [-0.1, -0.05) is 13.0 Å². The summed E-state index contributed by atoms with van der Waals surface area (Å²) in [7, 11) is 0. The van der Waals surface area contributed by atoms with Crippen molar-refractivity contribution in [2.45, 2.75) is 13.3 Å². The van der Waals surface area contributed by atoms with E-state index in [2.05, 4.69) is 0 Å². The van der Waals surface area contributed by atoms with Crippen molar-refractivity contribution in [2.75, 3.05) is 0 Å². The fraction of sp³-hybridized carbons (Fsp3) is 0.333. The molecule has 0 bridgehead atoms. The van der Waals surface area contributed by atoms with Crippen LogP contribution in [0.4, 0.5) is 0 Å². The predicted molar refractivity (Wildman–Crippen MR) is 50.1 cm³/mol. The summed E-state index contributed by atoms with van der Waals surface area (Å²) in [5.41, 5.74) is 0. The molecule has 4 heteroatoms. The average molecular weight is 198 g/mol. The lowest BCUT2D eigenvalue weighted by atomic mass is 10.0. The zero-order chi connectivity index (χ0) is 9.84. The summed E-state index contributed by atoms with van der Waals surface area (Å²) < 4.78 is 0. The molecule has 0 aliphatic carbocycles. The van der Waals surface area contributed by atoms with Gasteiger partial charge in [0.25, 0.3) is 0 Å². The van der Waals surface area contributed by atoms with E-state index in [9.17, 15) is 9.59 Å². The van der Waals surface area contributed by atoms with E-state index in [1.807, 2.05) is 0 Å². The van der Waals surface area contributed by atoms with Crippen LogP contribution in [0.1, 0.15) is 23.0 Å². The van der Waals surface area contributed by atoms with Crippen LogP contribution in [0.5, 0.6) is 0 Å². The molecule has 0 radical (unpaired) electrons. The molecule has 70 valence electrons. The molecule has 3 nitrogen and oxygen atoms in total. The van der Waals surface area contributed by atoms with Crippen molar-refractivity contribution < 1.29 is 14.7 Å². The lowest BCUT2D eigenvalue weighted by molar-refractivity contribution is -0.140. The Morgan fingerprint density at radius 2 is 2.31 bits per heavy atom. The molecule has 0 aromatic carbocycles. The number of aliphatic carboxylic acids is 1. The van der Waals surface area contributed by atoms with Gasteiger partial charge in [-0.15, -0.1) is 11.3 Å². The predicted octanol–water partition coefficient (Wildman–Crippen LogP) is 2.04. The number of carbonyl (C=O) groups excluding carboxylic acids is 1. The Labute approximate surface area is 80.0 Å². The first kappa shape index (κ1) is 9.92. The van der Waals surface area contributed by atoms with Gasteiger partial charge in [0.2, 0.25) is 0 Å². The number of carbonyl (C=O) groups is 2.